The Kier molecular flexibility index (Phi) is 5.32. The highest BCUT2D eigenvalue weighted by molar-refractivity contribution is 8.00. The van der Waals surface area contributed by atoms with Gasteiger partial charge >= 0.3 is 0 Å². The minimum atomic E-state index is -0.875. The van der Waals surface area contributed by atoms with Crippen LogP contribution >= 0.6 is 11.8 Å². The molecule has 0 aliphatic carbocycles. The maximum Gasteiger partial charge on any atom is 0.262 e. The van der Waals surface area contributed by atoms with E-state index in [1.54, 1.807) is 6.92 Å². The third-order valence-corrected chi connectivity index (χ3v) is 5.25. The van der Waals surface area contributed by atoms with E-state index in [1.165, 1.54) is 10.9 Å². The molecule has 152 valence electrons. The van der Waals surface area contributed by atoms with Crippen LogP contribution < -0.4 is 10.9 Å². The molecule has 0 aliphatic heterocycles. The van der Waals surface area contributed by atoms with Gasteiger partial charge in [-0.2, -0.15) is 5.10 Å². The number of hydrogen-bond donors (Lipinski definition) is 2. The first-order chi connectivity index (χ1) is 14.4. The number of fused-ring (bicyclic) bond motifs is 1. The van der Waals surface area contributed by atoms with Crippen LogP contribution in [-0.4, -0.2) is 30.9 Å². The Morgan fingerprint density at radius 3 is 2.70 bits per heavy atom. The zero-order valence-corrected chi connectivity index (χ0v) is 16.4. The van der Waals surface area contributed by atoms with E-state index in [2.05, 4.69) is 20.4 Å². The monoisotopic (exact) mass is 427 g/mol. The van der Waals surface area contributed by atoms with Gasteiger partial charge in [0.1, 0.15) is 17.0 Å². The fraction of sp³-hybridized carbons (Fsp3) is 0.100. The van der Waals surface area contributed by atoms with E-state index < -0.39 is 22.8 Å². The number of anilines is 1. The number of rotatable bonds is 5. The molecule has 0 bridgehead atoms. The van der Waals surface area contributed by atoms with Gasteiger partial charge in [-0.3, -0.25) is 9.59 Å². The maximum absolute atomic E-state index is 13.8. The van der Waals surface area contributed by atoms with Crippen LogP contribution in [0.1, 0.15) is 6.92 Å². The number of nitrogens with one attached hydrogen (secondary N) is 2. The van der Waals surface area contributed by atoms with Gasteiger partial charge in [-0.25, -0.2) is 18.4 Å². The number of nitrogens with zero attached hydrogens (tertiary/aromatic N) is 3. The number of H-pyrrole nitrogens is 1. The van der Waals surface area contributed by atoms with Crippen molar-refractivity contribution in [3.8, 4) is 5.69 Å². The van der Waals surface area contributed by atoms with Crippen LogP contribution in [0.5, 0.6) is 0 Å². The van der Waals surface area contributed by atoms with Gasteiger partial charge in [0.2, 0.25) is 5.91 Å². The number of thioether (sulfide) groups is 1. The second-order valence-electron chi connectivity index (χ2n) is 6.37. The summed E-state index contributed by atoms with van der Waals surface area (Å²) in [6.07, 6.45) is 1.43. The third kappa shape index (κ3) is 3.94. The Hall–Kier alpha value is -3.53. The van der Waals surface area contributed by atoms with Crippen molar-refractivity contribution in [3.05, 3.63) is 76.7 Å². The molecule has 0 fully saturated rings. The molecule has 0 spiro atoms. The van der Waals surface area contributed by atoms with Gasteiger partial charge in [-0.15, -0.1) is 0 Å². The molecule has 0 saturated carbocycles. The van der Waals surface area contributed by atoms with Gasteiger partial charge in [-0.1, -0.05) is 30.0 Å². The molecule has 4 rings (SSSR count). The Morgan fingerprint density at radius 2 is 1.97 bits per heavy atom. The smallest absolute Gasteiger partial charge is 0.262 e. The Morgan fingerprint density at radius 1 is 1.20 bits per heavy atom. The lowest BCUT2D eigenvalue weighted by molar-refractivity contribution is -0.115. The highest BCUT2D eigenvalue weighted by atomic mass is 32.2. The van der Waals surface area contributed by atoms with Crippen molar-refractivity contribution in [2.75, 3.05) is 5.32 Å². The summed E-state index contributed by atoms with van der Waals surface area (Å²) in [4.78, 5) is 31.9. The summed E-state index contributed by atoms with van der Waals surface area (Å²) in [5.41, 5.74) is 0.568. The standard InChI is InChI=1S/C20H15F2N5O2S/c1-11(18(28)24-16-8-7-12(21)9-15(16)22)30-20-25-17-14(19(29)26-20)10-23-27(17)13-5-3-2-4-6-13/h2-11H,1H3,(H,24,28)(H,25,26,29)/t11-/m0/s1. The van der Waals surface area contributed by atoms with E-state index in [-0.39, 0.29) is 16.4 Å². The van der Waals surface area contributed by atoms with Crippen molar-refractivity contribution >= 4 is 34.4 Å². The van der Waals surface area contributed by atoms with Crippen LogP contribution in [0.4, 0.5) is 14.5 Å². The summed E-state index contributed by atoms with van der Waals surface area (Å²) in [5.74, 6) is -2.14. The third-order valence-electron chi connectivity index (χ3n) is 4.26. The van der Waals surface area contributed by atoms with Gasteiger partial charge in [0.05, 0.1) is 22.8 Å². The van der Waals surface area contributed by atoms with E-state index in [4.69, 9.17) is 0 Å². The SMILES string of the molecule is C[C@H](Sc1nc2c(cnn2-c2ccccc2)c(=O)[nH]1)C(=O)Nc1ccc(F)cc1F. The zero-order chi connectivity index (χ0) is 21.3. The van der Waals surface area contributed by atoms with E-state index in [9.17, 15) is 18.4 Å². The number of hydrogen-bond acceptors (Lipinski definition) is 5. The number of carbonyl (C=O) groups is 1. The average molecular weight is 427 g/mol. The lowest BCUT2D eigenvalue weighted by Gasteiger charge is -2.12. The predicted octanol–water partition coefficient (Wildman–Crippen LogP) is 3.51. The van der Waals surface area contributed by atoms with Crippen LogP contribution in [0.15, 0.2) is 64.7 Å². The molecule has 0 radical (unpaired) electrons. The molecule has 2 aromatic carbocycles. The van der Waals surface area contributed by atoms with Crippen molar-refractivity contribution in [1.29, 1.82) is 0 Å². The van der Waals surface area contributed by atoms with E-state index in [0.717, 1.165) is 29.6 Å². The summed E-state index contributed by atoms with van der Waals surface area (Å²) < 4.78 is 28.3. The molecular formula is C20H15F2N5O2S. The molecule has 4 aromatic rings. The number of aromatic nitrogens is 4. The van der Waals surface area contributed by atoms with Crippen LogP contribution in [0.25, 0.3) is 16.7 Å². The number of para-hydroxylation sites is 1. The summed E-state index contributed by atoms with van der Waals surface area (Å²) in [6.45, 7) is 1.58. The molecule has 30 heavy (non-hydrogen) atoms. The molecule has 1 atom stereocenters. The Balaban J connectivity index is 1.58. The quantitative estimate of drug-likeness (QED) is 0.376. The first-order valence-electron chi connectivity index (χ1n) is 8.88. The fourth-order valence-electron chi connectivity index (χ4n) is 2.76. The number of aromatic amines is 1. The largest absolute Gasteiger partial charge is 0.323 e. The minimum absolute atomic E-state index is 0.132. The van der Waals surface area contributed by atoms with Crippen molar-refractivity contribution in [2.45, 2.75) is 17.3 Å². The second kappa shape index (κ2) is 8.07. The van der Waals surface area contributed by atoms with E-state index in [0.29, 0.717) is 17.1 Å². The van der Waals surface area contributed by atoms with Crippen molar-refractivity contribution in [2.24, 2.45) is 0 Å². The van der Waals surface area contributed by atoms with Crippen molar-refractivity contribution < 1.29 is 13.6 Å². The van der Waals surface area contributed by atoms with E-state index in [1.807, 2.05) is 30.3 Å². The van der Waals surface area contributed by atoms with Gasteiger partial charge in [-0.05, 0) is 31.2 Å². The predicted molar refractivity (Wildman–Crippen MR) is 110 cm³/mol. The van der Waals surface area contributed by atoms with Crippen LogP contribution in [0.2, 0.25) is 0 Å². The van der Waals surface area contributed by atoms with Crippen LogP contribution in [-0.2, 0) is 4.79 Å². The summed E-state index contributed by atoms with van der Waals surface area (Å²) in [6, 6.07) is 12.1. The molecule has 0 aliphatic rings. The molecule has 7 nitrogen and oxygen atoms in total. The van der Waals surface area contributed by atoms with Gasteiger partial charge < -0.3 is 10.3 Å². The average Bonchev–Trinajstić information content (AvgIpc) is 3.15. The summed E-state index contributed by atoms with van der Waals surface area (Å²) in [7, 11) is 0. The molecule has 10 heteroatoms. The lowest BCUT2D eigenvalue weighted by atomic mass is 10.3. The second-order valence-corrected chi connectivity index (χ2v) is 7.70. The molecular weight excluding hydrogens is 412 g/mol. The van der Waals surface area contributed by atoms with Crippen LogP contribution in [0, 0.1) is 11.6 Å². The van der Waals surface area contributed by atoms with Gasteiger partial charge in [0.25, 0.3) is 5.56 Å². The molecule has 2 N–H and O–H groups in total. The maximum atomic E-state index is 13.8. The van der Waals surface area contributed by atoms with Gasteiger partial charge in [0, 0.05) is 6.07 Å². The number of halogens is 2. The highest BCUT2D eigenvalue weighted by Gasteiger charge is 2.19. The number of amides is 1. The van der Waals surface area contributed by atoms with Crippen molar-refractivity contribution in [1.82, 2.24) is 19.7 Å². The Labute approximate surface area is 173 Å². The normalized spacial score (nSPS) is 12.1. The molecule has 0 unspecified atom stereocenters. The first kappa shape index (κ1) is 19.8. The van der Waals surface area contributed by atoms with Gasteiger partial charge in [0.15, 0.2) is 10.8 Å². The molecule has 2 heterocycles. The summed E-state index contributed by atoms with van der Waals surface area (Å²) in [5, 5.41) is 6.44. The number of carbonyl (C=O) groups excluding carboxylic acids is 1. The summed E-state index contributed by atoms with van der Waals surface area (Å²) >= 11 is 1.000. The molecule has 0 saturated heterocycles. The number of benzene rings is 2. The highest BCUT2D eigenvalue weighted by Crippen LogP contribution is 2.23. The van der Waals surface area contributed by atoms with E-state index >= 15 is 0 Å². The fourth-order valence-corrected chi connectivity index (χ4v) is 3.55. The van der Waals surface area contributed by atoms with Crippen molar-refractivity contribution in [3.63, 3.8) is 0 Å². The first-order valence-corrected chi connectivity index (χ1v) is 9.76. The van der Waals surface area contributed by atoms with Crippen LogP contribution in [0.3, 0.4) is 0 Å². The zero-order valence-electron chi connectivity index (χ0n) is 15.6. The lowest BCUT2D eigenvalue weighted by Crippen LogP contribution is -2.24. The molecule has 2 aromatic heterocycles. The Bertz CT molecular complexity index is 1290. The molecule has 1 amide bonds. The minimum Gasteiger partial charge on any atom is -0.323 e. The topological polar surface area (TPSA) is 92.7 Å².